The summed E-state index contributed by atoms with van der Waals surface area (Å²) in [4.78, 5) is 0. The molecule has 1 atom stereocenters. The third kappa shape index (κ3) is 7.15. The Morgan fingerprint density at radius 2 is 2.27 bits per heavy atom. The van der Waals surface area contributed by atoms with Gasteiger partial charge in [-0.1, -0.05) is 25.3 Å². The molecule has 0 heterocycles. The van der Waals surface area contributed by atoms with Crippen molar-refractivity contribution in [2.45, 2.75) is 39.2 Å². The molecule has 0 fully saturated rings. The lowest BCUT2D eigenvalue weighted by atomic mass is 10.2. The highest BCUT2D eigenvalue weighted by Gasteiger charge is 1.86. The zero-order chi connectivity index (χ0) is 8.53. The Balaban J connectivity index is 3.51. The van der Waals surface area contributed by atoms with Crippen LogP contribution < -0.4 is 0 Å². The van der Waals surface area contributed by atoms with Crippen LogP contribution in [0, 0.1) is 11.8 Å². The van der Waals surface area contributed by atoms with Crippen molar-refractivity contribution in [3.8, 4) is 11.8 Å². The van der Waals surface area contributed by atoms with Crippen molar-refractivity contribution in [2.75, 3.05) is 0 Å². The molecule has 0 saturated carbocycles. The van der Waals surface area contributed by atoms with E-state index in [2.05, 4.69) is 18.8 Å². The molecular formula is C10H16O. The van der Waals surface area contributed by atoms with Crippen molar-refractivity contribution in [1.82, 2.24) is 0 Å². The van der Waals surface area contributed by atoms with Gasteiger partial charge in [0.1, 0.15) is 6.10 Å². The molecule has 0 aliphatic rings. The van der Waals surface area contributed by atoms with E-state index in [1.165, 1.54) is 0 Å². The molecule has 62 valence electrons. The van der Waals surface area contributed by atoms with Crippen LogP contribution in [-0.2, 0) is 0 Å². The smallest absolute Gasteiger partial charge is 0.133 e. The molecule has 0 rings (SSSR count). The quantitative estimate of drug-likeness (QED) is 0.373. The molecule has 0 aliphatic heterocycles. The lowest BCUT2D eigenvalue weighted by Crippen LogP contribution is -1.95. The molecule has 0 saturated heterocycles. The Kier molecular flexibility index (Phi) is 6.87. The molecule has 0 aromatic heterocycles. The van der Waals surface area contributed by atoms with E-state index in [-0.39, 0.29) is 0 Å². The van der Waals surface area contributed by atoms with Gasteiger partial charge in [0.25, 0.3) is 0 Å². The Hall–Kier alpha value is -0.740. The van der Waals surface area contributed by atoms with E-state index in [0.29, 0.717) is 0 Å². The van der Waals surface area contributed by atoms with Crippen LogP contribution in [0.5, 0.6) is 0 Å². The minimum atomic E-state index is -0.572. The number of hydrogen-bond donors (Lipinski definition) is 1. The monoisotopic (exact) mass is 152 g/mol. The molecule has 1 nitrogen and oxygen atoms in total. The Labute approximate surface area is 69.1 Å². The summed E-state index contributed by atoms with van der Waals surface area (Å²) in [6.07, 6.45) is 6.09. The van der Waals surface area contributed by atoms with E-state index in [9.17, 15) is 0 Å². The summed E-state index contributed by atoms with van der Waals surface area (Å²) < 4.78 is 0. The first-order valence-corrected chi connectivity index (χ1v) is 4.10. The van der Waals surface area contributed by atoms with Gasteiger partial charge in [0, 0.05) is 6.42 Å². The number of allylic oxidation sites excluding steroid dienone is 1. The number of aliphatic hydroxyl groups excluding tert-OH is 1. The summed E-state index contributed by atoms with van der Waals surface area (Å²) in [7, 11) is 0. The van der Waals surface area contributed by atoms with E-state index >= 15 is 0 Å². The fourth-order valence-corrected chi connectivity index (χ4v) is 0.672. The summed E-state index contributed by atoms with van der Waals surface area (Å²) in [6.45, 7) is 4.00. The molecular weight excluding hydrogens is 136 g/mol. The fourth-order valence-electron chi connectivity index (χ4n) is 0.672. The fraction of sp³-hybridized carbons (Fsp3) is 0.600. The second-order valence-electron chi connectivity index (χ2n) is 2.40. The second kappa shape index (κ2) is 7.37. The lowest BCUT2D eigenvalue weighted by Gasteiger charge is -1.90. The first-order valence-electron chi connectivity index (χ1n) is 4.10. The SMILES string of the molecule is CC=CC(O)C#CCCCC. The van der Waals surface area contributed by atoms with Crippen LogP contribution in [-0.4, -0.2) is 11.2 Å². The molecule has 0 aromatic carbocycles. The Morgan fingerprint density at radius 1 is 1.55 bits per heavy atom. The maximum atomic E-state index is 9.09. The molecule has 0 radical (unpaired) electrons. The van der Waals surface area contributed by atoms with Crippen LogP contribution in [0.4, 0.5) is 0 Å². The van der Waals surface area contributed by atoms with Gasteiger partial charge in [0.2, 0.25) is 0 Å². The first-order chi connectivity index (χ1) is 5.31. The van der Waals surface area contributed by atoms with Gasteiger partial charge in [-0.3, -0.25) is 0 Å². The number of hydrogen-bond acceptors (Lipinski definition) is 1. The molecule has 0 aromatic rings. The third-order valence-corrected chi connectivity index (χ3v) is 1.28. The van der Waals surface area contributed by atoms with Gasteiger partial charge in [-0.2, -0.15) is 0 Å². The molecule has 1 heteroatoms. The van der Waals surface area contributed by atoms with Gasteiger partial charge in [-0.05, 0) is 19.4 Å². The highest BCUT2D eigenvalue weighted by molar-refractivity contribution is 5.11. The standard InChI is InChI=1S/C10H16O/c1-3-5-6-7-9-10(11)8-4-2/h4,8,10-11H,3,5-6H2,1-2H3. The molecule has 1 N–H and O–H groups in total. The normalized spacial score (nSPS) is 12.6. The number of aliphatic hydroxyl groups is 1. The second-order valence-corrected chi connectivity index (χ2v) is 2.40. The van der Waals surface area contributed by atoms with E-state index in [1.54, 1.807) is 12.2 Å². The topological polar surface area (TPSA) is 20.2 Å². The van der Waals surface area contributed by atoms with Gasteiger partial charge in [0.05, 0.1) is 0 Å². The maximum Gasteiger partial charge on any atom is 0.133 e. The van der Waals surface area contributed by atoms with E-state index in [4.69, 9.17) is 5.11 Å². The van der Waals surface area contributed by atoms with Gasteiger partial charge in [-0.15, -0.1) is 5.92 Å². The summed E-state index contributed by atoms with van der Waals surface area (Å²) in [5.74, 6) is 5.66. The van der Waals surface area contributed by atoms with Gasteiger partial charge in [0.15, 0.2) is 0 Å². The van der Waals surface area contributed by atoms with Crippen molar-refractivity contribution in [2.24, 2.45) is 0 Å². The Bertz CT molecular complexity index is 159. The lowest BCUT2D eigenvalue weighted by molar-refractivity contribution is 0.280. The number of unbranched alkanes of at least 4 members (excludes halogenated alkanes) is 2. The van der Waals surface area contributed by atoms with Crippen molar-refractivity contribution in [3.63, 3.8) is 0 Å². The highest BCUT2D eigenvalue weighted by Crippen LogP contribution is 1.91. The van der Waals surface area contributed by atoms with Crippen LogP contribution in [0.3, 0.4) is 0 Å². The zero-order valence-corrected chi connectivity index (χ0v) is 7.30. The van der Waals surface area contributed by atoms with Gasteiger partial charge in [-0.25, -0.2) is 0 Å². The van der Waals surface area contributed by atoms with Gasteiger partial charge < -0.3 is 5.11 Å². The predicted octanol–water partition coefficient (Wildman–Crippen LogP) is 2.12. The van der Waals surface area contributed by atoms with Gasteiger partial charge >= 0.3 is 0 Å². The third-order valence-electron chi connectivity index (χ3n) is 1.28. The Morgan fingerprint density at radius 3 is 2.82 bits per heavy atom. The minimum absolute atomic E-state index is 0.572. The predicted molar refractivity (Wildman–Crippen MR) is 48.1 cm³/mol. The minimum Gasteiger partial charge on any atom is -0.377 e. The first kappa shape index (κ1) is 10.3. The molecule has 11 heavy (non-hydrogen) atoms. The summed E-state index contributed by atoms with van der Waals surface area (Å²) in [6, 6.07) is 0. The van der Waals surface area contributed by atoms with Crippen LogP contribution in [0.25, 0.3) is 0 Å². The maximum absolute atomic E-state index is 9.09. The molecule has 0 spiro atoms. The van der Waals surface area contributed by atoms with E-state index in [1.807, 2.05) is 6.92 Å². The average Bonchev–Trinajstić information content (AvgIpc) is 1.99. The molecule has 0 aliphatic carbocycles. The van der Waals surface area contributed by atoms with Crippen molar-refractivity contribution in [1.29, 1.82) is 0 Å². The van der Waals surface area contributed by atoms with Crippen molar-refractivity contribution < 1.29 is 5.11 Å². The van der Waals surface area contributed by atoms with Crippen molar-refractivity contribution in [3.05, 3.63) is 12.2 Å². The van der Waals surface area contributed by atoms with E-state index < -0.39 is 6.10 Å². The van der Waals surface area contributed by atoms with E-state index in [0.717, 1.165) is 19.3 Å². The zero-order valence-electron chi connectivity index (χ0n) is 7.30. The van der Waals surface area contributed by atoms with Crippen LogP contribution >= 0.6 is 0 Å². The highest BCUT2D eigenvalue weighted by atomic mass is 16.3. The summed E-state index contributed by atoms with van der Waals surface area (Å²) in [5.41, 5.74) is 0. The molecule has 1 unspecified atom stereocenters. The molecule has 0 bridgehead atoms. The van der Waals surface area contributed by atoms with Crippen LogP contribution in [0.1, 0.15) is 33.1 Å². The van der Waals surface area contributed by atoms with Crippen molar-refractivity contribution >= 4 is 0 Å². The number of rotatable bonds is 3. The van der Waals surface area contributed by atoms with Crippen LogP contribution in [0.2, 0.25) is 0 Å². The molecule has 0 amide bonds. The summed E-state index contributed by atoms with van der Waals surface area (Å²) in [5, 5.41) is 9.09. The largest absolute Gasteiger partial charge is 0.377 e. The van der Waals surface area contributed by atoms with Crippen LogP contribution in [0.15, 0.2) is 12.2 Å². The average molecular weight is 152 g/mol. The summed E-state index contributed by atoms with van der Waals surface area (Å²) >= 11 is 0.